The summed E-state index contributed by atoms with van der Waals surface area (Å²) in [5, 5.41) is 15.0. The van der Waals surface area contributed by atoms with Crippen molar-refractivity contribution < 1.29 is 28.6 Å². The van der Waals surface area contributed by atoms with E-state index in [2.05, 4.69) is 5.32 Å². The first-order chi connectivity index (χ1) is 21.6. The van der Waals surface area contributed by atoms with Crippen LogP contribution in [-0.4, -0.2) is 33.0 Å². The van der Waals surface area contributed by atoms with Crippen LogP contribution < -0.4 is 10.9 Å². The van der Waals surface area contributed by atoms with Gasteiger partial charge in [0.05, 0.1) is 35.1 Å². The number of benzene rings is 2. The molecule has 1 amide bonds. The molecule has 0 bridgehead atoms. The summed E-state index contributed by atoms with van der Waals surface area (Å²) in [6.45, 7) is 3.41. The SMILES string of the molecule is CC[C@@]1(O)C(=O)OCc2c1cc1n(c2=O)Cc2c-1nc1cc(F)c(C)c3c1c2[C@@H](NC(=O)OCc1ccc(SSC)cc1)CC3. The molecule has 0 saturated heterocycles. The number of cyclic esters (lactones) is 1. The van der Waals surface area contributed by atoms with Crippen molar-refractivity contribution in [2.45, 2.75) is 69.4 Å². The Morgan fingerprint density at radius 3 is 2.73 bits per heavy atom. The third-order valence-corrected chi connectivity index (χ3v) is 10.9. The minimum absolute atomic E-state index is 0.0217. The van der Waals surface area contributed by atoms with Crippen molar-refractivity contribution in [1.29, 1.82) is 0 Å². The summed E-state index contributed by atoms with van der Waals surface area (Å²) in [4.78, 5) is 45.5. The molecular formula is C33H30FN3O6S2. The molecule has 0 saturated carbocycles. The van der Waals surface area contributed by atoms with Gasteiger partial charge >= 0.3 is 12.1 Å². The molecule has 4 heterocycles. The largest absolute Gasteiger partial charge is 0.458 e. The van der Waals surface area contributed by atoms with Crippen LogP contribution in [0.5, 0.6) is 0 Å². The van der Waals surface area contributed by atoms with Crippen molar-refractivity contribution >= 4 is 44.6 Å². The van der Waals surface area contributed by atoms with E-state index in [0.717, 1.165) is 32.5 Å². The molecule has 45 heavy (non-hydrogen) atoms. The van der Waals surface area contributed by atoms with Gasteiger partial charge in [0.2, 0.25) is 0 Å². The van der Waals surface area contributed by atoms with E-state index in [0.29, 0.717) is 35.3 Å². The number of rotatable bonds is 6. The maximum absolute atomic E-state index is 15.1. The fraction of sp³-hybridized carbons (Fsp3) is 0.333. The minimum Gasteiger partial charge on any atom is -0.458 e. The number of nitrogens with zero attached hydrogens (tertiary/aromatic N) is 2. The fourth-order valence-corrected chi connectivity index (χ4v) is 8.12. The number of nitrogens with one attached hydrogen (secondary N) is 1. The van der Waals surface area contributed by atoms with E-state index in [1.165, 1.54) is 6.07 Å². The molecule has 0 radical (unpaired) electrons. The second kappa shape index (κ2) is 11.2. The summed E-state index contributed by atoms with van der Waals surface area (Å²) < 4.78 is 27.5. The molecule has 2 aromatic carbocycles. The van der Waals surface area contributed by atoms with E-state index in [-0.39, 0.29) is 48.7 Å². The van der Waals surface area contributed by atoms with E-state index >= 15 is 4.39 Å². The third kappa shape index (κ3) is 4.72. The van der Waals surface area contributed by atoms with E-state index < -0.39 is 23.7 Å². The number of hydrogen-bond acceptors (Lipinski definition) is 9. The fourth-order valence-electron chi connectivity index (χ4n) is 6.77. The van der Waals surface area contributed by atoms with Gasteiger partial charge in [-0.3, -0.25) is 4.79 Å². The first kappa shape index (κ1) is 29.8. The highest BCUT2D eigenvalue weighted by Crippen LogP contribution is 2.46. The molecule has 2 atom stereocenters. The second-order valence-corrected chi connectivity index (χ2v) is 14.0. The molecule has 4 aromatic rings. The Bertz CT molecular complexity index is 1980. The van der Waals surface area contributed by atoms with Crippen molar-refractivity contribution in [2.24, 2.45) is 0 Å². The Morgan fingerprint density at radius 1 is 1.22 bits per heavy atom. The normalized spacial score (nSPS) is 19.5. The first-order valence-corrected chi connectivity index (χ1v) is 17.2. The molecule has 3 aliphatic rings. The highest BCUT2D eigenvalue weighted by Gasteiger charge is 2.46. The van der Waals surface area contributed by atoms with Gasteiger partial charge in [0, 0.05) is 27.5 Å². The quantitative estimate of drug-likeness (QED) is 0.174. The zero-order valence-corrected chi connectivity index (χ0v) is 26.5. The van der Waals surface area contributed by atoms with Crippen LogP contribution in [0.3, 0.4) is 0 Å². The van der Waals surface area contributed by atoms with Crippen molar-refractivity contribution in [3.05, 3.63) is 91.5 Å². The molecule has 9 nitrogen and oxygen atoms in total. The predicted octanol–water partition coefficient (Wildman–Crippen LogP) is 5.81. The van der Waals surface area contributed by atoms with Crippen LogP contribution in [0.25, 0.3) is 22.3 Å². The maximum Gasteiger partial charge on any atom is 0.407 e. The highest BCUT2D eigenvalue weighted by molar-refractivity contribution is 8.76. The van der Waals surface area contributed by atoms with Gasteiger partial charge in [-0.05, 0) is 72.9 Å². The van der Waals surface area contributed by atoms with E-state index in [1.54, 1.807) is 46.1 Å². The van der Waals surface area contributed by atoms with Crippen LogP contribution in [0.1, 0.15) is 64.8 Å². The third-order valence-electron chi connectivity index (χ3n) is 9.14. The molecule has 12 heteroatoms. The smallest absolute Gasteiger partial charge is 0.407 e. The predicted molar refractivity (Wildman–Crippen MR) is 169 cm³/mol. The average Bonchev–Trinajstić information content (AvgIpc) is 3.40. The van der Waals surface area contributed by atoms with Crippen molar-refractivity contribution in [3.63, 3.8) is 0 Å². The van der Waals surface area contributed by atoms with Gasteiger partial charge in [-0.1, -0.05) is 40.6 Å². The summed E-state index contributed by atoms with van der Waals surface area (Å²) in [5.41, 5.74) is 3.07. The molecule has 0 fully saturated rings. The average molecular weight is 648 g/mol. The van der Waals surface area contributed by atoms with Gasteiger partial charge in [0.15, 0.2) is 5.60 Å². The number of hydrogen-bond donors (Lipinski definition) is 2. The van der Waals surface area contributed by atoms with E-state index in [1.807, 2.05) is 30.5 Å². The summed E-state index contributed by atoms with van der Waals surface area (Å²) in [6, 6.07) is 10.3. The van der Waals surface area contributed by atoms with Crippen LogP contribution in [0, 0.1) is 12.7 Å². The summed E-state index contributed by atoms with van der Waals surface area (Å²) in [5.74, 6) is -1.19. The lowest BCUT2D eigenvalue weighted by Gasteiger charge is -2.31. The molecule has 2 N–H and O–H groups in total. The Morgan fingerprint density at radius 2 is 2.00 bits per heavy atom. The number of halogens is 1. The van der Waals surface area contributed by atoms with Crippen molar-refractivity contribution in [3.8, 4) is 11.4 Å². The Balaban J connectivity index is 1.29. The lowest BCUT2D eigenvalue weighted by Crippen LogP contribution is -2.44. The van der Waals surface area contributed by atoms with Crippen LogP contribution in [0.2, 0.25) is 0 Å². The van der Waals surface area contributed by atoms with Gasteiger partial charge in [-0.2, -0.15) is 0 Å². The van der Waals surface area contributed by atoms with Crippen molar-refractivity contribution in [1.82, 2.24) is 14.9 Å². The summed E-state index contributed by atoms with van der Waals surface area (Å²) >= 11 is 0. The van der Waals surface area contributed by atoms with Gasteiger partial charge in [0.1, 0.15) is 19.0 Å². The summed E-state index contributed by atoms with van der Waals surface area (Å²) in [6.07, 6.45) is 2.46. The molecule has 7 rings (SSSR count). The summed E-state index contributed by atoms with van der Waals surface area (Å²) in [7, 11) is 3.31. The monoisotopic (exact) mass is 647 g/mol. The number of pyridine rings is 2. The zero-order valence-electron chi connectivity index (χ0n) is 24.9. The number of carbonyl (C=O) groups excluding carboxylic acids is 2. The number of fused-ring (bicyclic) bond motifs is 5. The number of aryl methyl sites for hydroxylation is 1. The van der Waals surface area contributed by atoms with E-state index in [4.69, 9.17) is 14.5 Å². The molecular weight excluding hydrogens is 618 g/mol. The minimum atomic E-state index is -1.96. The number of ether oxygens (including phenoxy) is 2. The van der Waals surface area contributed by atoms with Crippen LogP contribution >= 0.6 is 21.6 Å². The lowest BCUT2D eigenvalue weighted by molar-refractivity contribution is -0.172. The topological polar surface area (TPSA) is 120 Å². The van der Waals surface area contributed by atoms with E-state index in [9.17, 15) is 19.5 Å². The molecule has 2 aromatic heterocycles. The second-order valence-electron chi connectivity index (χ2n) is 11.5. The van der Waals surface area contributed by atoms with Gasteiger partial charge in [0.25, 0.3) is 5.56 Å². The number of amides is 1. The molecule has 2 aliphatic heterocycles. The van der Waals surface area contributed by atoms with Gasteiger partial charge in [-0.25, -0.2) is 19.0 Å². The molecule has 232 valence electrons. The van der Waals surface area contributed by atoms with Crippen LogP contribution in [0.15, 0.2) is 46.1 Å². The maximum atomic E-state index is 15.1. The number of esters is 1. The van der Waals surface area contributed by atoms with Gasteiger partial charge in [-0.15, -0.1) is 0 Å². The number of aromatic nitrogens is 2. The number of alkyl carbamates (subject to hydrolysis) is 1. The molecule has 0 spiro atoms. The van der Waals surface area contributed by atoms with Crippen LogP contribution in [-0.2, 0) is 46.0 Å². The zero-order chi connectivity index (χ0) is 31.6. The van der Waals surface area contributed by atoms with Gasteiger partial charge < -0.3 is 24.5 Å². The lowest BCUT2D eigenvalue weighted by atomic mass is 9.81. The number of carbonyl (C=O) groups is 2. The Labute approximate surface area is 265 Å². The first-order valence-electron chi connectivity index (χ1n) is 14.7. The van der Waals surface area contributed by atoms with Crippen molar-refractivity contribution in [2.75, 3.05) is 6.26 Å². The Kier molecular flexibility index (Phi) is 7.41. The molecule has 1 aliphatic carbocycles. The standard InChI is InChI=1S/C33H30FN3O6S2/c1-4-33(41)22-11-26-29-20(13-37(26)30(38)21(22)15-42-31(33)39)28-24(10-9-19-16(2)23(34)12-25(35-29)27(19)28)36-32(40)43-14-17-5-7-18(8-6-17)45-44-3/h5-8,11-12,24,41H,4,9-10,13-15H2,1-3H3,(H,36,40)/t24-,33-/m0/s1. The Hall–Kier alpha value is -3.87. The van der Waals surface area contributed by atoms with Crippen LogP contribution in [0.4, 0.5) is 9.18 Å². The number of aliphatic hydroxyl groups is 1. The molecule has 0 unspecified atom stereocenters. The highest BCUT2D eigenvalue weighted by atomic mass is 33.1.